The molecule has 7 nitrogen and oxygen atoms in total. The molecule has 3 rings (SSSR count). The van der Waals surface area contributed by atoms with Crippen LogP contribution in [0.1, 0.15) is 5.56 Å². The van der Waals surface area contributed by atoms with Crippen LogP contribution in [0.2, 0.25) is 0 Å². The summed E-state index contributed by atoms with van der Waals surface area (Å²) in [7, 11) is -3.94. The lowest BCUT2D eigenvalue weighted by atomic mass is 10.1. The van der Waals surface area contributed by atoms with Gasteiger partial charge in [-0.05, 0) is 11.6 Å². The molecule has 0 saturated carbocycles. The Morgan fingerprint density at radius 1 is 1.40 bits per heavy atom. The molecule has 1 aliphatic rings. The number of hydrogen-bond acceptors (Lipinski definition) is 4. The average molecular weight is 293 g/mol. The van der Waals surface area contributed by atoms with Crippen LogP contribution in [-0.4, -0.2) is 35.7 Å². The van der Waals surface area contributed by atoms with Gasteiger partial charge in [0.15, 0.2) is 0 Å². The highest BCUT2D eigenvalue weighted by Gasteiger charge is 2.42. The zero-order chi connectivity index (χ0) is 14.3. The van der Waals surface area contributed by atoms with Gasteiger partial charge in [0.1, 0.15) is 10.9 Å². The summed E-state index contributed by atoms with van der Waals surface area (Å²) >= 11 is 0. The largest absolute Gasteiger partial charge is 0.480 e. The number of carboxylic acids is 1. The molecule has 2 aromatic rings. The molecule has 0 fully saturated rings. The number of hydrogen-bond donors (Lipinski definition) is 2. The molecule has 0 unspecified atom stereocenters. The first-order valence-corrected chi connectivity index (χ1v) is 7.30. The number of carboxylic acid groups (broad SMARTS) is 1. The van der Waals surface area contributed by atoms with Gasteiger partial charge in [0.25, 0.3) is 10.0 Å². The van der Waals surface area contributed by atoms with Gasteiger partial charge < -0.3 is 5.11 Å². The molecule has 2 heterocycles. The van der Waals surface area contributed by atoms with Gasteiger partial charge in [0.2, 0.25) is 0 Å². The summed E-state index contributed by atoms with van der Waals surface area (Å²) in [6.45, 7) is 0. The number of fused-ring (bicyclic) bond motifs is 1. The van der Waals surface area contributed by atoms with Crippen molar-refractivity contribution in [2.24, 2.45) is 0 Å². The van der Waals surface area contributed by atoms with Gasteiger partial charge >= 0.3 is 5.97 Å². The van der Waals surface area contributed by atoms with Crippen LogP contribution in [0.5, 0.6) is 0 Å². The molecule has 104 valence electrons. The number of anilines is 1. The van der Waals surface area contributed by atoms with Gasteiger partial charge in [-0.3, -0.25) is 9.40 Å². The molecule has 0 radical (unpaired) electrons. The molecular weight excluding hydrogens is 282 g/mol. The maximum absolute atomic E-state index is 12.6. The number of aliphatic carboxylic acids is 1. The Hall–Kier alpha value is -2.35. The highest BCUT2D eigenvalue weighted by atomic mass is 32.2. The van der Waals surface area contributed by atoms with Crippen LogP contribution in [0.25, 0.3) is 0 Å². The fraction of sp³-hybridized carbons (Fsp3) is 0.167. The number of nitrogens with one attached hydrogen (secondary N) is 1. The molecule has 20 heavy (non-hydrogen) atoms. The van der Waals surface area contributed by atoms with Gasteiger partial charge in [-0.25, -0.2) is 13.2 Å². The molecular formula is C12H11N3O4S. The van der Waals surface area contributed by atoms with Crippen LogP contribution < -0.4 is 4.31 Å². The van der Waals surface area contributed by atoms with Crippen LogP contribution in [0.4, 0.5) is 5.69 Å². The normalized spacial score (nSPS) is 18.0. The van der Waals surface area contributed by atoms with Crippen molar-refractivity contribution in [2.45, 2.75) is 17.4 Å². The summed E-state index contributed by atoms with van der Waals surface area (Å²) in [5.74, 6) is -1.17. The highest BCUT2D eigenvalue weighted by Crippen LogP contribution is 2.36. The van der Waals surface area contributed by atoms with E-state index in [1.54, 1.807) is 24.3 Å². The molecule has 0 saturated heterocycles. The van der Waals surface area contributed by atoms with E-state index in [4.69, 9.17) is 0 Å². The van der Waals surface area contributed by atoms with Gasteiger partial charge in [0.05, 0.1) is 11.9 Å². The Morgan fingerprint density at radius 3 is 2.80 bits per heavy atom. The van der Waals surface area contributed by atoms with Crippen molar-refractivity contribution in [2.75, 3.05) is 4.31 Å². The van der Waals surface area contributed by atoms with Crippen molar-refractivity contribution in [1.82, 2.24) is 10.2 Å². The molecule has 1 aromatic heterocycles. The van der Waals surface area contributed by atoms with Gasteiger partial charge in [0, 0.05) is 12.6 Å². The number of benzene rings is 1. The Morgan fingerprint density at radius 2 is 2.15 bits per heavy atom. The predicted molar refractivity (Wildman–Crippen MR) is 69.8 cm³/mol. The lowest BCUT2D eigenvalue weighted by molar-refractivity contribution is -0.138. The van der Waals surface area contributed by atoms with E-state index < -0.39 is 22.0 Å². The van der Waals surface area contributed by atoms with E-state index in [0.29, 0.717) is 11.3 Å². The third kappa shape index (κ3) is 1.76. The monoisotopic (exact) mass is 293 g/mol. The second-order valence-electron chi connectivity index (χ2n) is 4.42. The smallest absolute Gasteiger partial charge is 0.327 e. The maximum atomic E-state index is 12.6. The van der Waals surface area contributed by atoms with E-state index in [2.05, 4.69) is 10.2 Å². The van der Waals surface area contributed by atoms with Crippen LogP contribution in [0.3, 0.4) is 0 Å². The van der Waals surface area contributed by atoms with Gasteiger partial charge in [-0.1, -0.05) is 18.2 Å². The highest BCUT2D eigenvalue weighted by molar-refractivity contribution is 7.93. The SMILES string of the molecule is O=C(O)[C@@H]1Cc2ccccc2N1S(=O)(=O)c1cn[nH]c1. The van der Waals surface area contributed by atoms with Crippen molar-refractivity contribution in [3.05, 3.63) is 42.2 Å². The number of aromatic nitrogens is 2. The number of para-hydroxylation sites is 1. The third-order valence-corrected chi connectivity index (χ3v) is 5.03. The number of aromatic amines is 1. The standard InChI is InChI=1S/C12H11N3O4S/c16-12(17)11-5-8-3-1-2-4-10(8)15(11)20(18,19)9-6-13-14-7-9/h1-4,6-7,11H,5H2,(H,13,14)(H,16,17)/t11-/m0/s1. The Bertz CT molecular complexity index is 755. The summed E-state index contributed by atoms with van der Waals surface area (Å²) < 4.78 is 26.1. The third-order valence-electron chi connectivity index (χ3n) is 3.24. The molecule has 1 aliphatic heterocycles. The number of rotatable bonds is 3. The summed E-state index contributed by atoms with van der Waals surface area (Å²) in [5.41, 5.74) is 1.10. The predicted octanol–water partition coefficient (Wildman–Crippen LogP) is 0.614. The molecule has 1 aromatic carbocycles. The average Bonchev–Trinajstić information content (AvgIpc) is 3.06. The molecule has 0 aliphatic carbocycles. The minimum atomic E-state index is -3.94. The molecule has 8 heteroatoms. The summed E-state index contributed by atoms with van der Waals surface area (Å²) in [6, 6.07) is 5.64. The first kappa shape index (κ1) is 12.7. The van der Waals surface area contributed by atoms with Crippen LogP contribution in [0, 0.1) is 0 Å². The molecule has 2 N–H and O–H groups in total. The van der Waals surface area contributed by atoms with Crippen LogP contribution in [0.15, 0.2) is 41.6 Å². The number of sulfonamides is 1. The summed E-state index contributed by atoms with van der Waals surface area (Å²) in [5, 5.41) is 15.3. The van der Waals surface area contributed by atoms with Crippen molar-refractivity contribution in [3.63, 3.8) is 0 Å². The zero-order valence-electron chi connectivity index (χ0n) is 10.2. The second-order valence-corrected chi connectivity index (χ2v) is 6.24. The summed E-state index contributed by atoms with van der Waals surface area (Å²) in [4.78, 5) is 11.3. The van der Waals surface area contributed by atoms with Gasteiger partial charge in [-0.15, -0.1) is 0 Å². The molecule has 0 spiro atoms. The Kier molecular flexibility index (Phi) is 2.75. The topological polar surface area (TPSA) is 103 Å². The number of carbonyl (C=O) groups is 1. The fourth-order valence-corrected chi connectivity index (χ4v) is 3.89. The quantitative estimate of drug-likeness (QED) is 0.863. The van der Waals surface area contributed by atoms with Gasteiger partial charge in [-0.2, -0.15) is 5.10 Å². The Balaban J connectivity index is 2.17. The lowest BCUT2D eigenvalue weighted by Crippen LogP contribution is -2.42. The van der Waals surface area contributed by atoms with Crippen LogP contribution >= 0.6 is 0 Å². The zero-order valence-corrected chi connectivity index (χ0v) is 11.0. The number of H-pyrrole nitrogens is 1. The minimum Gasteiger partial charge on any atom is -0.480 e. The molecule has 0 amide bonds. The maximum Gasteiger partial charge on any atom is 0.327 e. The van der Waals surface area contributed by atoms with Crippen LogP contribution in [-0.2, 0) is 21.2 Å². The van der Waals surface area contributed by atoms with Crippen molar-refractivity contribution in [1.29, 1.82) is 0 Å². The molecule has 1 atom stereocenters. The summed E-state index contributed by atoms with van der Waals surface area (Å²) in [6.07, 6.45) is 2.55. The lowest BCUT2D eigenvalue weighted by Gasteiger charge is -2.23. The van der Waals surface area contributed by atoms with E-state index >= 15 is 0 Å². The van der Waals surface area contributed by atoms with E-state index in [9.17, 15) is 18.3 Å². The van der Waals surface area contributed by atoms with Crippen molar-refractivity contribution in [3.8, 4) is 0 Å². The van der Waals surface area contributed by atoms with E-state index in [1.165, 1.54) is 6.20 Å². The van der Waals surface area contributed by atoms with E-state index in [-0.39, 0.29) is 11.3 Å². The first-order valence-electron chi connectivity index (χ1n) is 5.86. The van der Waals surface area contributed by atoms with Crippen molar-refractivity contribution >= 4 is 21.7 Å². The van der Waals surface area contributed by atoms with E-state index in [0.717, 1.165) is 10.5 Å². The van der Waals surface area contributed by atoms with Crippen molar-refractivity contribution < 1.29 is 18.3 Å². The first-order chi connectivity index (χ1) is 9.51. The van der Waals surface area contributed by atoms with E-state index in [1.807, 2.05) is 0 Å². The fourth-order valence-electron chi connectivity index (χ4n) is 2.34. The second kappa shape index (κ2) is 4.34. The minimum absolute atomic E-state index is 0.0551. The Labute approximate surface area is 114 Å². The number of nitrogens with zero attached hydrogens (tertiary/aromatic N) is 2. The molecule has 0 bridgehead atoms.